The number of hydrogen-bond acceptors (Lipinski definition) is 13. The molecule has 0 aliphatic rings. The fourth-order valence-electron chi connectivity index (χ4n) is 3.58. The van der Waals surface area contributed by atoms with Crippen molar-refractivity contribution < 1.29 is 58.4 Å². The maximum atomic E-state index is 13.2. The van der Waals surface area contributed by atoms with Gasteiger partial charge in [0.2, 0.25) is 23.6 Å². The highest BCUT2D eigenvalue weighted by Crippen LogP contribution is 2.31. The zero-order chi connectivity index (χ0) is 36.8. The second-order valence-corrected chi connectivity index (χ2v) is 13.2. The summed E-state index contributed by atoms with van der Waals surface area (Å²) in [5.74, 6) is -8.29. The van der Waals surface area contributed by atoms with Crippen LogP contribution in [0.4, 0.5) is 0 Å². The number of carbonyl (C=O) groups is 8. The van der Waals surface area contributed by atoms with E-state index in [4.69, 9.17) is 27.0 Å². The van der Waals surface area contributed by atoms with Gasteiger partial charge in [-0.2, -0.15) is 0 Å². The molecule has 20 nitrogen and oxygen atoms in total. The fraction of sp³-hybridized carbons (Fsp3) is 0.654. The number of guanidine groups is 1. The predicted molar refractivity (Wildman–Crippen MR) is 174 cm³/mol. The quantitative estimate of drug-likeness (QED) is 0.0139. The van der Waals surface area contributed by atoms with Crippen LogP contribution in [0.15, 0.2) is 4.99 Å². The van der Waals surface area contributed by atoms with Crippen molar-refractivity contribution in [1.82, 2.24) is 21.3 Å². The largest absolute Gasteiger partial charge is 0.481 e. The molecule has 4 amide bonds. The monoisotopic (exact) mass is 724 g/mol. The van der Waals surface area contributed by atoms with Gasteiger partial charge in [0.1, 0.15) is 24.7 Å². The summed E-state index contributed by atoms with van der Waals surface area (Å²) < 4.78 is 4.81. The van der Waals surface area contributed by atoms with E-state index in [-0.39, 0.29) is 49.7 Å². The van der Waals surface area contributed by atoms with E-state index in [2.05, 4.69) is 26.3 Å². The molecule has 0 aromatic rings. The van der Waals surface area contributed by atoms with E-state index in [1.807, 2.05) is 13.8 Å². The molecule has 0 heterocycles. The molecule has 0 saturated heterocycles. The molecule has 5 atom stereocenters. The lowest BCUT2D eigenvalue weighted by atomic mass is 10.1. The van der Waals surface area contributed by atoms with Crippen molar-refractivity contribution >= 4 is 75.6 Å². The van der Waals surface area contributed by atoms with Crippen molar-refractivity contribution in [2.75, 3.05) is 25.4 Å². The van der Waals surface area contributed by atoms with Crippen LogP contribution in [-0.4, -0.2) is 124 Å². The van der Waals surface area contributed by atoms with Gasteiger partial charge in [-0.1, -0.05) is 35.4 Å². The highest BCUT2D eigenvalue weighted by molar-refractivity contribution is 8.77. The summed E-state index contributed by atoms with van der Waals surface area (Å²) in [6.07, 6.45) is -2.69. The van der Waals surface area contributed by atoms with E-state index in [1.165, 1.54) is 21.6 Å². The zero-order valence-corrected chi connectivity index (χ0v) is 28.1. The molecule has 0 radical (unpaired) electrons. The van der Waals surface area contributed by atoms with Gasteiger partial charge in [-0.05, 0) is 18.8 Å². The van der Waals surface area contributed by atoms with Crippen molar-refractivity contribution in [2.24, 2.45) is 28.1 Å². The van der Waals surface area contributed by atoms with Gasteiger partial charge in [0.15, 0.2) is 5.96 Å². The average Bonchev–Trinajstić information content (AvgIpc) is 2.97. The maximum absolute atomic E-state index is 13.2. The standard InChI is InChI=1S/C26H44N8O12S2/c1-13(2)18(11-46-12-35)48-47-7-6-30-23(43)16(9-20(38)39)33-25(45)17(10-21(40)41)34-24(44)15(4-3-5-31-26(28)29)32-22(42)14(27)8-19(36)37/h12-18H,3-11,27H2,1-2H3,(H,30,43)(H,32,42)(H,33,45)(H,34,44)(H,36,37)(H,38,39)(H,40,41)(H4,28,29,31)/t14-,15-,16-,17-,18?/m0/s1. The summed E-state index contributed by atoms with van der Waals surface area (Å²) in [6, 6.07) is -6.50. The average molecular weight is 725 g/mol. The van der Waals surface area contributed by atoms with Crippen LogP contribution in [0.2, 0.25) is 0 Å². The molecule has 272 valence electrons. The van der Waals surface area contributed by atoms with Gasteiger partial charge >= 0.3 is 17.9 Å². The molecule has 0 bridgehead atoms. The summed E-state index contributed by atoms with van der Waals surface area (Å²) in [5.41, 5.74) is 16.1. The Labute approximate surface area is 283 Å². The zero-order valence-electron chi connectivity index (χ0n) is 26.4. The third-order valence-corrected chi connectivity index (χ3v) is 9.17. The molecule has 13 N–H and O–H groups in total. The van der Waals surface area contributed by atoms with Gasteiger partial charge < -0.3 is 58.5 Å². The molecule has 0 fully saturated rings. The Morgan fingerprint density at radius 3 is 1.83 bits per heavy atom. The maximum Gasteiger partial charge on any atom is 0.305 e. The Morgan fingerprint density at radius 2 is 1.33 bits per heavy atom. The Kier molecular flexibility index (Phi) is 21.8. The number of aliphatic carboxylic acids is 3. The number of carboxylic acid groups (broad SMARTS) is 3. The lowest BCUT2D eigenvalue weighted by Crippen LogP contribution is -2.58. The van der Waals surface area contributed by atoms with Crippen molar-refractivity contribution in [3.05, 3.63) is 0 Å². The fourth-order valence-corrected chi connectivity index (χ4v) is 6.29. The van der Waals surface area contributed by atoms with Crippen LogP contribution in [-0.2, 0) is 43.1 Å². The van der Waals surface area contributed by atoms with E-state index in [9.17, 15) is 48.6 Å². The molecule has 0 aromatic carbocycles. The number of nitrogens with zero attached hydrogens (tertiary/aromatic N) is 1. The topological polar surface area (TPSA) is 345 Å². The number of ether oxygens (including phenoxy) is 1. The molecular formula is C26H44N8O12S2. The van der Waals surface area contributed by atoms with Crippen LogP contribution in [0.3, 0.4) is 0 Å². The molecule has 0 aliphatic heterocycles. The molecule has 0 spiro atoms. The first-order valence-electron chi connectivity index (χ1n) is 14.5. The van der Waals surface area contributed by atoms with Crippen LogP contribution < -0.4 is 38.5 Å². The number of carboxylic acids is 3. The number of amides is 4. The van der Waals surface area contributed by atoms with Crippen LogP contribution in [0.5, 0.6) is 0 Å². The molecule has 48 heavy (non-hydrogen) atoms. The Bertz CT molecular complexity index is 1160. The van der Waals surface area contributed by atoms with Crippen LogP contribution >= 0.6 is 21.6 Å². The number of nitrogens with one attached hydrogen (secondary N) is 4. The summed E-state index contributed by atoms with van der Waals surface area (Å²) in [5, 5.41) is 36.6. The highest BCUT2D eigenvalue weighted by Gasteiger charge is 2.32. The van der Waals surface area contributed by atoms with Gasteiger partial charge in [0, 0.05) is 18.8 Å². The first-order valence-corrected chi connectivity index (χ1v) is 16.8. The van der Waals surface area contributed by atoms with Crippen molar-refractivity contribution in [3.8, 4) is 0 Å². The second-order valence-electron chi connectivity index (χ2n) is 10.5. The molecular weight excluding hydrogens is 680 g/mol. The number of nitrogens with two attached hydrogens (primary N) is 3. The van der Waals surface area contributed by atoms with E-state index >= 15 is 0 Å². The number of carbonyl (C=O) groups excluding carboxylic acids is 5. The lowest BCUT2D eigenvalue weighted by Gasteiger charge is -2.25. The van der Waals surface area contributed by atoms with Gasteiger partial charge in [-0.3, -0.25) is 43.3 Å². The van der Waals surface area contributed by atoms with Gasteiger partial charge in [-0.25, -0.2) is 0 Å². The minimum absolute atomic E-state index is 0.0122. The number of hydrogen-bond donors (Lipinski definition) is 10. The van der Waals surface area contributed by atoms with Gasteiger partial charge in [-0.15, -0.1) is 0 Å². The minimum atomic E-state index is -1.84. The molecule has 22 heteroatoms. The van der Waals surface area contributed by atoms with E-state index < -0.39 is 85.0 Å². The summed E-state index contributed by atoms with van der Waals surface area (Å²) in [7, 11) is 2.79. The summed E-state index contributed by atoms with van der Waals surface area (Å²) >= 11 is 0. The Balaban J connectivity index is 5.65. The first-order chi connectivity index (χ1) is 22.5. The van der Waals surface area contributed by atoms with Gasteiger partial charge in [0.05, 0.1) is 30.6 Å². The minimum Gasteiger partial charge on any atom is -0.481 e. The van der Waals surface area contributed by atoms with Crippen LogP contribution in [0, 0.1) is 5.92 Å². The summed E-state index contributed by atoms with van der Waals surface area (Å²) in [4.78, 5) is 99.7. The highest BCUT2D eigenvalue weighted by atomic mass is 33.1. The number of rotatable bonds is 26. The van der Waals surface area contributed by atoms with E-state index in [0.717, 1.165) is 0 Å². The Hall–Kier alpha value is -4.31. The predicted octanol–water partition coefficient (Wildman–Crippen LogP) is -3.06. The van der Waals surface area contributed by atoms with Gasteiger partial charge in [0.25, 0.3) is 6.47 Å². The van der Waals surface area contributed by atoms with Crippen molar-refractivity contribution in [3.63, 3.8) is 0 Å². The molecule has 0 rings (SSSR count). The molecule has 0 saturated carbocycles. The van der Waals surface area contributed by atoms with Crippen LogP contribution in [0.25, 0.3) is 0 Å². The summed E-state index contributed by atoms with van der Waals surface area (Å²) in [6.45, 7) is 4.49. The van der Waals surface area contributed by atoms with E-state index in [1.54, 1.807) is 0 Å². The SMILES string of the molecule is CC(C)C(COC=O)SSCCNC(=O)[C@H](CC(=O)O)NC(=O)[C@H](CC(=O)O)NC(=O)[C@H](CCCN=C(N)N)NC(=O)[C@@H](N)CC(=O)O. The number of aliphatic imine (C=N–C) groups is 1. The van der Waals surface area contributed by atoms with E-state index in [0.29, 0.717) is 12.2 Å². The van der Waals surface area contributed by atoms with Crippen molar-refractivity contribution in [1.29, 1.82) is 0 Å². The second kappa shape index (κ2) is 23.9. The molecule has 1 unspecified atom stereocenters. The smallest absolute Gasteiger partial charge is 0.305 e. The Morgan fingerprint density at radius 1 is 0.812 bits per heavy atom. The third kappa shape index (κ3) is 20.0. The third-order valence-electron chi connectivity index (χ3n) is 6.08. The van der Waals surface area contributed by atoms with Crippen LogP contribution in [0.1, 0.15) is 46.0 Å². The molecule has 0 aliphatic carbocycles. The first kappa shape index (κ1) is 43.7. The van der Waals surface area contributed by atoms with Crippen molar-refractivity contribution in [2.45, 2.75) is 75.4 Å². The lowest BCUT2D eigenvalue weighted by molar-refractivity contribution is -0.143. The molecule has 0 aromatic heterocycles. The normalized spacial score (nSPS) is 13.8.